The summed E-state index contributed by atoms with van der Waals surface area (Å²) in [7, 11) is 0. The van der Waals surface area contributed by atoms with E-state index in [4.69, 9.17) is 16.0 Å². The Kier molecular flexibility index (Phi) is 6.29. The standard InChI is InChI=1S/C22H19ClN2O3/c1-2-21(26)24-16-8-11-18(23)19(14-16)25-22(27)13-10-17-9-12-20(28-17)15-6-4-3-5-7-15/h3-14H,2H2,1H3,(H,24,26)(H,25,27)/b13-10+. The lowest BCUT2D eigenvalue weighted by molar-refractivity contribution is -0.116. The van der Waals surface area contributed by atoms with Crippen LogP contribution in [0.4, 0.5) is 11.4 Å². The molecular weight excluding hydrogens is 376 g/mol. The zero-order chi connectivity index (χ0) is 19.9. The number of halogens is 1. The van der Waals surface area contributed by atoms with Gasteiger partial charge in [-0.3, -0.25) is 9.59 Å². The van der Waals surface area contributed by atoms with Gasteiger partial charge in [-0.05, 0) is 36.4 Å². The van der Waals surface area contributed by atoms with E-state index < -0.39 is 0 Å². The summed E-state index contributed by atoms with van der Waals surface area (Å²) >= 11 is 6.13. The average molecular weight is 395 g/mol. The Labute approximate surface area is 168 Å². The summed E-state index contributed by atoms with van der Waals surface area (Å²) in [5.74, 6) is 0.803. The monoisotopic (exact) mass is 394 g/mol. The van der Waals surface area contributed by atoms with Gasteiger partial charge in [0, 0.05) is 23.7 Å². The SMILES string of the molecule is CCC(=O)Nc1ccc(Cl)c(NC(=O)/C=C/c2ccc(-c3ccccc3)o2)c1. The summed E-state index contributed by atoms with van der Waals surface area (Å²) < 4.78 is 5.73. The third-order valence-electron chi connectivity index (χ3n) is 3.91. The third kappa shape index (κ3) is 5.11. The second-order valence-electron chi connectivity index (χ2n) is 5.99. The van der Waals surface area contributed by atoms with E-state index in [1.807, 2.05) is 36.4 Å². The summed E-state index contributed by atoms with van der Waals surface area (Å²) in [6, 6.07) is 18.2. The molecular formula is C22H19ClN2O3. The molecule has 0 fully saturated rings. The summed E-state index contributed by atoms with van der Waals surface area (Å²) in [5, 5.41) is 5.80. The first-order chi connectivity index (χ1) is 13.5. The minimum Gasteiger partial charge on any atom is -0.457 e. The van der Waals surface area contributed by atoms with Crippen LogP contribution in [0.15, 0.2) is 71.2 Å². The molecule has 0 aliphatic heterocycles. The van der Waals surface area contributed by atoms with Gasteiger partial charge in [-0.15, -0.1) is 0 Å². The van der Waals surface area contributed by atoms with E-state index in [0.29, 0.717) is 28.6 Å². The van der Waals surface area contributed by atoms with Crippen LogP contribution in [0.5, 0.6) is 0 Å². The number of benzene rings is 2. The second-order valence-corrected chi connectivity index (χ2v) is 6.39. The van der Waals surface area contributed by atoms with Crippen molar-refractivity contribution in [2.75, 3.05) is 10.6 Å². The molecule has 0 saturated carbocycles. The molecule has 1 aromatic heterocycles. The number of carbonyl (C=O) groups excluding carboxylic acids is 2. The summed E-state index contributed by atoms with van der Waals surface area (Å²) in [6.45, 7) is 1.76. The number of carbonyl (C=O) groups is 2. The van der Waals surface area contributed by atoms with Crippen LogP contribution in [-0.4, -0.2) is 11.8 Å². The molecule has 2 aromatic carbocycles. The highest BCUT2D eigenvalue weighted by Gasteiger charge is 2.07. The average Bonchev–Trinajstić information content (AvgIpc) is 3.18. The van der Waals surface area contributed by atoms with Gasteiger partial charge < -0.3 is 15.1 Å². The van der Waals surface area contributed by atoms with Crippen molar-refractivity contribution in [1.82, 2.24) is 0 Å². The molecule has 0 unspecified atom stereocenters. The number of rotatable bonds is 6. The number of furan rings is 1. The molecule has 0 spiro atoms. The van der Waals surface area contributed by atoms with E-state index in [-0.39, 0.29) is 11.8 Å². The molecule has 0 aliphatic rings. The van der Waals surface area contributed by atoms with Gasteiger partial charge in [0.25, 0.3) is 0 Å². The number of nitrogens with one attached hydrogen (secondary N) is 2. The smallest absolute Gasteiger partial charge is 0.248 e. The van der Waals surface area contributed by atoms with Crippen LogP contribution < -0.4 is 10.6 Å². The van der Waals surface area contributed by atoms with Crippen molar-refractivity contribution in [3.63, 3.8) is 0 Å². The van der Waals surface area contributed by atoms with Crippen LogP contribution in [0.25, 0.3) is 17.4 Å². The van der Waals surface area contributed by atoms with Gasteiger partial charge in [-0.1, -0.05) is 48.9 Å². The molecule has 2 N–H and O–H groups in total. The number of anilines is 2. The van der Waals surface area contributed by atoms with Crippen LogP contribution in [-0.2, 0) is 9.59 Å². The van der Waals surface area contributed by atoms with Gasteiger partial charge in [0.2, 0.25) is 11.8 Å². The number of hydrogen-bond donors (Lipinski definition) is 2. The van der Waals surface area contributed by atoms with E-state index in [9.17, 15) is 9.59 Å². The van der Waals surface area contributed by atoms with Crippen molar-refractivity contribution in [3.8, 4) is 11.3 Å². The highest BCUT2D eigenvalue weighted by atomic mass is 35.5. The second kappa shape index (κ2) is 9.06. The maximum Gasteiger partial charge on any atom is 0.248 e. The predicted molar refractivity (Wildman–Crippen MR) is 112 cm³/mol. The first kappa shape index (κ1) is 19.5. The zero-order valence-corrected chi connectivity index (χ0v) is 16.0. The first-order valence-corrected chi connectivity index (χ1v) is 9.16. The van der Waals surface area contributed by atoms with Crippen LogP contribution in [0.2, 0.25) is 5.02 Å². The van der Waals surface area contributed by atoms with Gasteiger partial charge >= 0.3 is 0 Å². The maximum absolute atomic E-state index is 12.2. The molecule has 3 rings (SSSR count). The molecule has 5 nitrogen and oxygen atoms in total. The van der Waals surface area contributed by atoms with Gasteiger partial charge in [0.15, 0.2) is 0 Å². The van der Waals surface area contributed by atoms with Crippen molar-refractivity contribution in [2.24, 2.45) is 0 Å². The lowest BCUT2D eigenvalue weighted by Crippen LogP contribution is -2.11. The highest BCUT2D eigenvalue weighted by Crippen LogP contribution is 2.26. The normalized spacial score (nSPS) is 10.8. The summed E-state index contributed by atoms with van der Waals surface area (Å²) in [6.07, 6.45) is 3.31. The Morgan fingerprint density at radius 3 is 2.57 bits per heavy atom. The Hall–Kier alpha value is -3.31. The highest BCUT2D eigenvalue weighted by molar-refractivity contribution is 6.34. The molecule has 6 heteroatoms. The zero-order valence-electron chi connectivity index (χ0n) is 15.2. The Bertz CT molecular complexity index is 1010. The first-order valence-electron chi connectivity index (χ1n) is 8.79. The van der Waals surface area contributed by atoms with Crippen molar-refractivity contribution >= 4 is 40.9 Å². The minimum absolute atomic E-state index is 0.119. The Balaban J connectivity index is 1.66. The Morgan fingerprint density at radius 2 is 1.82 bits per heavy atom. The lowest BCUT2D eigenvalue weighted by Gasteiger charge is -2.09. The van der Waals surface area contributed by atoms with E-state index in [1.54, 1.807) is 37.3 Å². The largest absolute Gasteiger partial charge is 0.457 e. The molecule has 142 valence electrons. The molecule has 2 amide bonds. The van der Waals surface area contributed by atoms with Crippen molar-refractivity contribution < 1.29 is 14.0 Å². The molecule has 0 bridgehead atoms. The van der Waals surface area contributed by atoms with E-state index in [2.05, 4.69) is 10.6 Å². The summed E-state index contributed by atoms with van der Waals surface area (Å²) in [4.78, 5) is 23.7. The molecule has 0 aliphatic carbocycles. The molecule has 0 radical (unpaired) electrons. The molecule has 3 aromatic rings. The van der Waals surface area contributed by atoms with E-state index in [0.717, 1.165) is 11.3 Å². The molecule has 0 atom stereocenters. The van der Waals surface area contributed by atoms with Crippen LogP contribution in [0, 0.1) is 0 Å². The lowest BCUT2D eigenvalue weighted by atomic mass is 10.2. The quantitative estimate of drug-likeness (QED) is 0.534. The number of amides is 2. The molecule has 28 heavy (non-hydrogen) atoms. The van der Waals surface area contributed by atoms with Gasteiger partial charge in [-0.2, -0.15) is 0 Å². The van der Waals surface area contributed by atoms with E-state index in [1.165, 1.54) is 6.08 Å². The molecule has 0 saturated heterocycles. The van der Waals surface area contributed by atoms with Crippen LogP contribution in [0.1, 0.15) is 19.1 Å². The van der Waals surface area contributed by atoms with Crippen LogP contribution in [0.3, 0.4) is 0 Å². The van der Waals surface area contributed by atoms with Gasteiger partial charge in [0.05, 0.1) is 10.7 Å². The van der Waals surface area contributed by atoms with Crippen molar-refractivity contribution in [1.29, 1.82) is 0 Å². The van der Waals surface area contributed by atoms with Gasteiger partial charge in [-0.25, -0.2) is 0 Å². The maximum atomic E-state index is 12.2. The third-order valence-corrected chi connectivity index (χ3v) is 4.24. The van der Waals surface area contributed by atoms with Crippen molar-refractivity contribution in [3.05, 3.63) is 77.5 Å². The van der Waals surface area contributed by atoms with Crippen molar-refractivity contribution in [2.45, 2.75) is 13.3 Å². The predicted octanol–water partition coefficient (Wildman–Crippen LogP) is 5.60. The fourth-order valence-corrected chi connectivity index (χ4v) is 2.65. The van der Waals surface area contributed by atoms with Gasteiger partial charge in [0.1, 0.15) is 11.5 Å². The Morgan fingerprint density at radius 1 is 1.04 bits per heavy atom. The topological polar surface area (TPSA) is 71.3 Å². The molecule has 1 heterocycles. The van der Waals surface area contributed by atoms with E-state index >= 15 is 0 Å². The van der Waals surface area contributed by atoms with Crippen LogP contribution >= 0.6 is 11.6 Å². The summed E-state index contributed by atoms with van der Waals surface area (Å²) in [5.41, 5.74) is 1.94. The minimum atomic E-state index is -0.362. The fourth-order valence-electron chi connectivity index (χ4n) is 2.48. The fraction of sp³-hybridized carbons (Fsp3) is 0.0909. The number of hydrogen-bond acceptors (Lipinski definition) is 3.